The van der Waals surface area contributed by atoms with E-state index in [1.54, 1.807) is 18.2 Å². The van der Waals surface area contributed by atoms with Crippen molar-refractivity contribution in [3.8, 4) is 0 Å². The molecular formula is C22H22F3N3O. The number of nitrogens with zero attached hydrogens (tertiary/aromatic N) is 1. The van der Waals surface area contributed by atoms with Crippen LogP contribution in [0.5, 0.6) is 0 Å². The quantitative estimate of drug-likeness (QED) is 0.682. The monoisotopic (exact) mass is 401 g/mol. The molecular weight excluding hydrogens is 379 g/mol. The summed E-state index contributed by atoms with van der Waals surface area (Å²) in [5.74, 6) is 0.0852. The summed E-state index contributed by atoms with van der Waals surface area (Å²) in [6, 6.07) is 11.5. The van der Waals surface area contributed by atoms with E-state index in [1.165, 1.54) is 12.3 Å². The summed E-state index contributed by atoms with van der Waals surface area (Å²) in [6.07, 6.45) is -1.08. The van der Waals surface area contributed by atoms with Crippen LogP contribution in [-0.2, 0) is 11.0 Å². The molecule has 4 rings (SSSR count). The standard InChI is InChI=1S/C22H22F3N3O/c1-14-5-4-10-28(13-14)20-9-8-15(11-18(20)22(23,24)25)26-12-17-16-6-2-3-7-19(16)27-21(17)29/h2-3,6-9,11-12,14,26H,4-5,10,13H2,1H3,(H,27,29)/b17-12+. The van der Waals surface area contributed by atoms with Gasteiger partial charge in [0.15, 0.2) is 0 Å². The number of para-hydroxylation sites is 1. The van der Waals surface area contributed by atoms with Crippen LogP contribution in [0.2, 0.25) is 0 Å². The molecule has 1 unspecified atom stereocenters. The Kier molecular flexibility index (Phi) is 4.98. The predicted octanol–water partition coefficient (Wildman–Crippen LogP) is 5.35. The fourth-order valence-electron chi connectivity index (χ4n) is 3.97. The lowest BCUT2D eigenvalue weighted by atomic mass is 9.98. The van der Waals surface area contributed by atoms with Crippen molar-refractivity contribution in [3.05, 3.63) is 59.8 Å². The zero-order valence-electron chi connectivity index (χ0n) is 16.0. The van der Waals surface area contributed by atoms with Gasteiger partial charge in [-0.15, -0.1) is 0 Å². The molecule has 1 fully saturated rings. The van der Waals surface area contributed by atoms with Gasteiger partial charge >= 0.3 is 6.18 Å². The number of amides is 1. The zero-order chi connectivity index (χ0) is 20.6. The van der Waals surface area contributed by atoms with Crippen LogP contribution in [0.15, 0.2) is 48.7 Å². The van der Waals surface area contributed by atoms with Gasteiger partial charge in [0.1, 0.15) is 0 Å². The third kappa shape index (κ3) is 3.95. The van der Waals surface area contributed by atoms with E-state index < -0.39 is 11.7 Å². The Balaban J connectivity index is 1.63. The zero-order valence-corrected chi connectivity index (χ0v) is 16.0. The van der Waals surface area contributed by atoms with Crippen molar-refractivity contribution in [3.63, 3.8) is 0 Å². The third-order valence-corrected chi connectivity index (χ3v) is 5.39. The molecule has 1 saturated heterocycles. The Hall–Kier alpha value is -2.96. The Labute approximate surface area is 167 Å². The van der Waals surface area contributed by atoms with Crippen molar-refractivity contribution < 1.29 is 18.0 Å². The SMILES string of the molecule is CC1CCCN(c2ccc(N/C=C3/C(=O)Nc4ccccc43)cc2C(F)(F)F)C1. The average Bonchev–Trinajstić information content (AvgIpc) is 3.00. The Morgan fingerprint density at radius 2 is 2.00 bits per heavy atom. The second kappa shape index (κ2) is 7.46. The highest BCUT2D eigenvalue weighted by Crippen LogP contribution is 2.40. The average molecular weight is 401 g/mol. The van der Waals surface area contributed by atoms with Gasteiger partial charge in [0.05, 0.1) is 11.1 Å². The maximum atomic E-state index is 13.7. The summed E-state index contributed by atoms with van der Waals surface area (Å²) >= 11 is 0. The molecule has 2 aliphatic rings. The smallest absolute Gasteiger partial charge is 0.371 e. The van der Waals surface area contributed by atoms with E-state index in [2.05, 4.69) is 17.6 Å². The molecule has 2 aromatic carbocycles. The number of carbonyl (C=O) groups excluding carboxylic acids is 1. The molecule has 2 aromatic rings. The van der Waals surface area contributed by atoms with Crippen LogP contribution in [0.3, 0.4) is 0 Å². The molecule has 1 atom stereocenters. The molecule has 0 spiro atoms. The molecule has 0 radical (unpaired) electrons. The highest BCUT2D eigenvalue weighted by molar-refractivity contribution is 6.31. The van der Waals surface area contributed by atoms with Crippen molar-refractivity contribution in [1.82, 2.24) is 0 Å². The van der Waals surface area contributed by atoms with E-state index in [0.29, 0.717) is 30.3 Å². The summed E-state index contributed by atoms with van der Waals surface area (Å²) in [5, 5.41) is 5.61. The first-order chi connectivity index (χ1) is 13.8. The number of halogens is 3. The maximum absolute atomic E-state index is 13.7. The number of benzene rings is 2. The van der Waals surface area contributed by atoms with Gasteiger partial charge in [0.2, 0.25) is 0 Å². The molecule has 0 bridgehead atoms. The van der Waals surface area contributed by atoms with Crippen LogP contribution in [0.4, 0.5) is 30.2 Å². The second-order valence-electron chi connectivity index (χ2n) is 7.63. The van der Waals surface area contributed by atoms with Crippen molar-refractivity contribution >= 4 is 28.5 Å². The molecule has 7 heteroatoms. The van der Waals surface area contributed by atoms with Crippen molar-refractivity contribution in [2.45, 2.75) is 25.9 Å². The predicted molar refractivity (Wildman–Crippen MR) is 109 cm³/mol. The molecule has 0 aliphatic carbocycles. The lowest BCUT2D eigenvalue weighted by molar-refractivity contribution is -0.137. The highest BCUT2D eigenvalue weighted by Gasteiger charge is 2.36. The van der Waals surface area contributed by atoms with Crippen LogP contribution < -0.4 is 15.5 Å². The van der Waals surface area contributed by atoms with Gasteiger partial charge in [0, 0.05) is 41.9 Å². The maximum Gasteiger partial charge on any atom is 0.418 e. The Morgan fingerprint density at radius 1 is 1.21 bits per heavy atom. The van der Waals surface area contributed by atoms with E-state index in [0.717, 1.165) is 24.5 Å². The van der Waals surface area contributed by atoms with E-state index in [-0.39, 0.29) is 17.3 Å². The highest BCUT2D eigenvalue weighted by atomic mass is 19.4. The molecule has 29 heavy (non-hydrogen) atoms. The Morgan fingerprint density at radius 3 is 2.76 bits per heavy atom. The number of piperidine rings is 1. The number of carbonyl (C=O) groups is 1. The first kappa shape index (κ1) is 19.4. The van der Waals surface area contributed by atoms with E-state index in [9.17, 15) is 18.0 Å². The van der Waals surface area contributed by atoms with E-state index in [1.807, 2.05) is 17.0 Å². The minimum atomic E-state index is -4.46. The first-order valence-corrected chi connectivity index (χ1v) is 9.66. The van der Waals surface area contributed by atoms with Gasteiger partial charge in [-0.3, -0.25) is 4.79 Å². The van der Waals surface area contributed by atoms with Crippen molar-refractivity contribution in [2.75, 3.05) is 28.6 Å². The largest absolute Gasteiger partial charge is 0.418 e. The Bertz CT molecular complexity index is 968. The van der Waals surface area contributed by atoms with Gasteiger partial charge < -0.3 is 15.5 Å². The number of nitrogens with one attached hydrogen (secondary N) is 2. The summed E-state index contributed by atoms with van der Waals surface area (Å²) in [6.45, 7) is 3.31. The number of anilines is 3. The van der Waals surface area contributed by atoms with E-state index >= 15 is 0 Å². The van der Waals surface area contributed by atoms with Gasteiger partial charge in [0.25, 0.3) is 5.91 Å². The van der Waals surface area contributed by atoms with Crippen LogP contribution in [0.25, 0.3) is 5.57 Å². The topological polar surface area (TPSA) is 44.4 Å². The number of rotatable bonds is 3. The van der Waals surface area contributed by atoms with Crippen LogP contribution in [-0.4, -0.2) is 19.0 Å². The van der Waals surface area contributed by atoms with Gasteiger partial charge in [-0.1, -0.05) is 25.1 Å². The molecule has 0 aromatic heterocycles. The number of hydrogen-bond donors (Lipinski definition) is 2. The minimum absolute atomic E-state index is 0.214. The van der Waals surface area contributed by atoms with Gasteiger partial charge in [-0.05, 0) is 43.0 Å². The minimum Gasteiger partial charge on any atom is -0.371 e. The molecule has 0 saturated carbocycles. The van der Waals surface area contributed by atoms with Gasteiger partial charge in [-0.2, -0.15) is 13.2 Å². The van der Waals surface area contributed by atoms with Crippen LogP contribution in [0.1, 0.15) is 30.9 Å². The van der Waals surface area contributed by atoms with Crippen LogP contribution >= 0.6 is 0 Å². The molecule has 1 amide bonds. The molecule has 2 heterocycles. The lowest BCUT2D eigenvalue weighted by Crippen LogP contribution is -2.35. The molecule has 152 valence electrons. The number of fused-ring (bicyclic) bond motifs is 1. The summed E-state index contributed by atoms with van der Waals surface area (Å²) < 4.78 is 41.2. The number of hydrogen-bond acceptors (Lipinski definition) is 3. The lowest BCUT2D eigenvalue weighted by Gasteiger charge is -2.34. The fourth-order valence-corrected chi connectivity index (χ4v) is 3.97. The third-order valence-electron chi connectivity index (χ3n) is 5.39. The van der Waals surface area contributed by atoms with Gasteiger partial charge in [-0.25, -0.2) is 0 Å². The fraction of sp³-hybridized carbons (Fsp3) is 0.318. The normalized spacial score (nSPS) is 20.6. The molecule has 4 nitrogen and oxygen atoms in total. The van der Waals surface area contributed by atoms with Crippen LogP contribution in [0, 0.1) is 5.92 Å². The van der Waals surface area contributed by atoms with E-state index in [4.69, 9.17) is 0 Å². The second-order valence-corrected chi connectivity index (χ2v) is 7.63. The molecule has 2 N–H and O–H groups in total. The summed E-state index contributed by atoms with van der Waals surface area (Å²) in [7, 11) is 0. The van der Waals surface area contributed by atoms with Crippen molar-refractivity contribution in [1.29, 1.82) is 0 Å². The number of alkyl halides is 3. The summed E-state index contributed by atoms with van der Waals surface area (Å²) in [5.41, 5.74) is 1.65. The molecule has 2 aliphatic heterocycles. The first-order valence-electron chi connectivity index (χ1n) is 9.66. The van der Waals surface area contributed by atoms with Crippen molar-refractivity contribution in [2.24, 2.45) is 5.92 Å². The summed E-state index contributed by atoms with van der Waals surface area (Å²) in [4.78, 5) is 14.0.